The second-order valence-corrected chi connectivity index (χ2v) is 10.6. The lowest BCUT2D eigenvalue weighted by Crippen LogP contribution is -2.51. The van der Waals surface area contributed by atoms with Crippen LogP contribution in [0, 0.1) is 17.2 Å². The number of ketones is 1. The maximum atomic E-state index is 14.9. The highest BCUT2D eigenvalue weighted by molar-refractivity contribution is 6.13. The van der Waals surface area contributed by atoms with Gasteiger partial charge in [0.1, 0.15) is 11.6 Å². The molecule has 0 spiro atoms. The number of rotatable bonds is 8. The molecular formula is C27H30F3N5O3. The van der Waals surface area contributed by atoms with Crippen LogP contribution in [0.4, 0.5) is 24.8 Å². The predicted molar refractivity (Wildman–Crippen MR) is 135 cm³/mol. The maximum Gasteiger partial charge on any atom is 0.298 e. The Morgan fingerprint density at radius 2 is 1.84 bits per heavy atom. The molecule has 11 heteroatoms. The molecule has 3 aliphatic rings. The quantitative estimate of drug-likeness (QED) is 0.523. The maximum absolute atomic E-state index is 14.9. The Labute approximate surface area is 218 Å². The van der Waals surface area contributed by atoms with Crippen molar-refractivity contribution in [3.63, 3.8) is 0 Å². The summed E-state index contributed by atoms with van der Waals surface area (Å²) in [6.45, 7) is 6.81. The van der Waals surface area contributed by atoms with Crippen molar-refractivity contribution in [1.29, 1.82) is 0 Å². The van der Waals surface area contributed by atoms with E-state index in [0.29, 0.717) is 35.8 Å². The molecule has 2 fully saturated rings. The summed E-state index contributed by atoms with van der Waals surface area (Å²) in [5.74, 6) is -0.993. The van der Waals surface area contributed by atoms with Gasteiger partial charge in [-0.3, -0.25) is 9.59 Å². The fraction of sp³-hybridized carbons (Fsp3) is 0.481. The smallest absolute Gasteiger partial charge is 0.298 e. The second-order valence-electron chi connectivity index (χ2n) is 10.6. The third-order valence-corrected chi connectivity index (χ3v) is 7.90. The van der Waals surface area contributed by atoms with E-state index < -0.39 is 29.8 Å². The molecule has 2 heterocycles. The number of halogens is 3. The molecule has 1 saturated heterocycles. The number of ether oxygens (including phenoxy) is 1. The number of benzene rings is 1. The first-order valence-corrected chi connectivity index (χ1v) is 12.7. The number of anilines is 2. The number of alkyl halides is 2. The molecule has 202 valence electrons. The Balaban J connectivity index is 1.67. The number of Topliss-reactive ketones (excluding diaryl/α,β-unsaturated/α-hetero) is 1. The molecule has 8 nitrogen and oxygen atoms in total. The first kappa shape index (κ1) is 26.1. The normalized spacial score (nSPS) is 21.6. The van der Waals surface area contributed by atoms with Crippen molar-refractivity contribution in [3.8, 4) is 0 Å². The molecule has 1 aromatic heterocycles. The van der Waals surface area contributed by atoms with E-state index in [0.717, 1.165) is 32.0 Å². The Morgan fingerprint density at radius 1 is 1.16 bits per heavy atom. The van der Waals surface area contributed by atoms with Gasteiger partial charge in [0.15, 0.2) is 17.4 Å². The molecular weight excluding hydrogens is 499 g/mol. The minimum Gasteiger partial charge on any atom is -0.432 e. The van der Waals surface area contributed by atoms with Crippen LogP contribution in [0.1, 0.15) is 50.3 Å². The van der Waals surface area contributed by atoms with Gasteiger partial charge in [0, 0.05) is 37.0 Å². The van der Waals surface area contributed by atoms with Gasteiger partial charge in [-0.05, 0) is 38.3 Å². The fourth-order valence-electron chi connectivity index (χ4n) is 5.36. The van der Waals surface area contributed by atoms with Crippen LogP contribution in [0.3, 0.4) is 0 Å². The average molecular weight is 530 g/mol. The molecule has 2 atom stereocenters. The number of hydrogen-bond donors (Lipinski definition) is 1. The van der Waals surface area contributed by atoms with E-state index in [4.69, 9.17) is 4.74 Å². The molecule has 0 amide bonds. The lowest BCUT2D eigenvalue weighted by molar-refractivity contribution is -0.124. The van der Waals surface area contributed by atoms with Crippen molar-refractivity contribution in [1.82, 2.24) is 15.1 Å². The van der Waals surface area contributed by atoms with Gasteiger partial charge < -0.3 is 19.9 Å². The Morgan fingerprint density at radius 3 is 2.47 bits per heavy atom. The largest absolute Gasteiger partial charge is 0.432 e. The number of piperazine rings is 1. The molecule has 0 bridgehead atoms. The summed E-state index contributed by atoms with van der Waals surface area (Å²) in [6.07, 6.45) is 0.177. The van der Waals surface area contributed by atoms with Gasteiger partial charge in [0.05, 0.1) is 22.7 Å². The number of carbonyl (C=O) groups is 2. The first-order chi connectivity index (χ1) is 18.1. The highest BCUT2D eigenvalue weighted by atomic mass is 19.3. The van der Waals surface area contributed by atoms with Crippen LogP contribution in [0.2, 0.25) is 0 Å². The number of hydrogen-bond acceptors (Lipinski definition) is 8. The van der Waals surface area contributed by atoms with E-state index >= 15 is 0 Å². The molecule has 2 aromatic rings. The molecule has 5 rings (SSSR count). The molecule has 1 aromatic carbocycles. The molecule has 1 saturated carbocycles. The van der Waals surface area contributed by atoms with Crippen LogP contribution in [0.25, 0.3) is 11.8 Å². The minimum atomic E-state index is -2.96. The SMILES string of the molecule is C[C@@H](Nc1nnc(N2CCN(C)CC2)c2c1=C(OC=O)[C@@H](C1(C)CC1)C(=O)C=2)c1cccc(C(F)F)c1F. The molecule has 1 aliphatic heterocycles. The van der Waals surface area contributed by atoms with Crippen LogP contribution in [-0.2, 0) is 14.3 Å². The Hall–Kier alpha value is -3.47. The van der Waals surface area contributed by atoms with Crippen LogP contribution >= 0.6 is 0 Å². The van der Waals surface area contributed by atoms with Crippen LogP contribution in [0.5, 0.6) is 0 Å². The van der Waals surface area contributed by atoms with Crippen molar-refractivity contribution in [2.24, 2.45) is 11.3 Å². The summed E-state index contributed by atoms with van der Waals surface area (Å²) in [6, 6.07) is 3.06. The van der Waals surface area contributed by atoms with Crippen LogP contribution in [-0.4, -0.2) is 60.6 Å². The fourth-order valence-corrected chi connectivity index (χ4v) is 5.36. The monoisotopic (exact) mass is 529 g/mol. The first-order valence-electron chi connectivity index (χ1n) is 12.7. The summed E-state index contributed by atoms with van der Waals surface area (Å²) in [4.78, 5) is 29.3. The number of carbonyl (C=O) groups excluding carboxylic acids is 2. The third-order valence-electron chi connectivity index (χ3n) is 7.90. The van der Waals surface area contributed by atoms with Gasteiger partial charge in [0.2, 0.25) is 0 Å². The number of likely N-dealkylation sites (N-methyl/N-ethyl adjacent to an activating group) is 1. The van der Waals surface area contributed by atoms with Crippen molar-refractivity contribution < 1.29 is 27.5 Å². The number of nitrogens with one attached hydrogen (secondary N) is 1. The summed E-state index contributed by atoms with van der Waals surface area (Å²) < 4.78 is 47.1. The lowest BCUT2D eigenvalue weighted by Gasteiger charge is -2.34. The van der Waals surface area contributed by atoms with Crippen LogP contribution < -0.4 is 20.7 Å². The number of fused-ring (bicyclic) bond motifs is 1. The molecule has 0 radical (unpaired) electrons. The number of aromatic nitrogens is 2. The molecule has 0 unspecified atom stereocenters. The van der Waals surface area contributed by atoms with Crippen molar-refractivity contribution in [3.05, 3.63) is 45.6 Å². The van der Waals surface area contributed by atoms with Gasteiger partial charge in [-0.2, -0.15) is 0 Å². The summed E-state index contributed by atoms with van der Waals surface area (Å²) in [5.41, 5.74) is -1.02. The average Bonchev–Trinajstić information content (AvgIpc) is 3.62. The lowest BCUT2D eigenvalue weighted by atomic mass is 9.81. The topological polar surface area (TPSA) is 87.7 Å². The van der Waals surface area contributed by atoms with Gasteiger partial charge in [-0.25, -0.2) is 13.2 Å². The van der Waals surface area contributed by atoms with E-state index in [9.17, 15) is 22.8 Å². The predicted octanol–water partition coefficient (Wildman–Crippen LogP) is 2.54. The third kappa shape index (κ3) is 4.63. The second kappa shape index (κ2) is 10.0. The standard InChI is InChI=1S/C27H30F3N5O3/c1-15(16-5-4-6-17(22(16)28)24(29)30)31-25-20-18(26(33-32-25)35-11-9-34(3)10-12-35)13-19(37)21(23(20)38-14-36)27(2)7-8-27/h4-6,13-15,21,24H,7-12H2,1-3H3,(H,31,32)/t15-,21+/m1/s1. The van der Waals surface area contributed by atoms with Gasteiger partial charge in [-0.1, -0.05) is 25.1 Å². The zero-order valence-corrected chi connectivity index (χ0v) is 21.5. The highest BCUT2D eigenvalue weighted by Crippen LogP contribution is 2.55. The Bertz CT molecular complexity index is 1390. The summed E-state index contributed by atoms with van der Waals surface area (Å²) in [5, 5.41) is 12.8. The zero-order chi connectivity index (χ0) is 27.2. The summed E-state index contributed by atoms with van der Waals surface area (Å²) >= 11 is 0. The highest BCUT2D eigenvalue weighted by Gasteiger charge is 2.51. The molecule has 2 aliphatic carbocycles. The van der Waals surface area contributed by atoms with E-state index in [-0.39, 0.29) is 28.3 Å². The van der Waals surface area contributed by atoms with Gasteiger partial charge in [0.25, 0.3) is 12.9 Å². The zero-order valence-electron chi connectivity index (χ0n) is 21.5. The van der Waals surface area contributed by atoms with Crippen molar-refractivity contribution in [2.75, 3.05) is 43.4 Å². The van der Waals surface area contributed by atoms with Crippen molar-refractivity contribution in [2.45, 2.75) is 39.2 Å². The minimum absolute atomic E-state index is 0.0286. The van der Waals surface area contributed by atoms with Crippen LogP contribution in [0.15, 0.2) is 18.2 Å². The van der Waals surface area contributed by atoms with Gasteiger partial charge in [-0.15, -0.1) is 10.2 Å². The van der Waals surface area contributed by atoms with Gasteiger partial charge >= 0.3 is 0 Å². The van der Waals surface area contributed by atoms with E-state index in [1.54, 1.807) is 6.92 Å². The number of nitrogens with zero attached hydrogens (tertiary/aromatic N) is 4. The molecule has 1 N–H and O–H groups in total. The summed E-state index contributed by atoms with van der Waals surface area (Å²) in [7, 11) is 2.02. The van der Waals surface area contributed by atoms with Crippen molar-refractivity contribution >= 4 is 35.7 Å². The van der Waals surface area contributed by atoms with E-state index in [1.165, 1.54) is 18.2 Å². The molecule has 38 heavy (non-hydrogen) atoms. The van der Waals surface area contributed by atoms with E-state index in [1.807, 2.05) is 18.9 Å². The van der Waals surface area contributed by atoms with E-state index in [2.05, 4.69) is 20.4 Å². The Kier molecular flexibility index (Phi) is 6.89.